The molecule has 0 saturated heterocycles. The van der Waals surface area contributed by atoms with Crippen LogP contribution in [0, 0.1) is 0 Å². The first-order chi connectivity index (χ1) is 14.4. The van der Waals surface area contributed by atoms with Gasteiger partial charge in [-0.3, -0.25) is 19.4 Å². The van der Waals surface area contributed by atoms with Gasteiger partial charge >= 0.3 is 0 Å². The second-order valence-electron chi connectivity index (χ2n) is 7.82. The Hall–Kier alpha value is -3.16. The molecule has 0 amide bonds. The van der Waals surface area contributed by atoms with E-state index in [1.165, 1.54) is 6.08 Å². The molecule has 0 radical (unpaired) electrons. The number of carbonyl (C=O) groups is 3. The molecule has 0 saturated carbocycles. The third-order valence-electron chi connectivity index (χ3n) is 5.52. The van der Waals surface area contributed by atoms with Crippen molar-refractivity contribution in [1.82, 2.24) is 15.2 Å². The van der Waals surface area contributed by atoms with Crippen LogP contribution in [0.25, 0.3) is 11.6 Å². The molecule has 2 heterocycles. The minimum absolute atomic E-state index is 0.0562. The van der Waals surface area contributed by atoms with Crippen molar-refractivity contribution in [3.05, 3.63) is 57.6 Å². The largest absolute Gasteiger partial charge is 0.354 e. The van der Waals surface area contributed by atoms with Crippen molar-refractivity contribution in [2.45, 2.75) is 12.8 Å². The molecule has 1 aromatic heterocycles. The summed E-state index contributed by atoms with van der Waals surface area (Å²) in [6.07, 6.45) is 9.32. The lowest BCUT2D eigenvalue weighted by atomic mass is 9.89. The van der Waals surface area contributed by atoms with Gasteiger partial charge in [0.1, 0.15) is 0 Å². The highest BCUT2D eigenvalue weighted by Gasteiger charge is 2.33. The van der Waals surface area contributed by atoms with Crippen molar-refractivity contribution in [1.29, 1.82) is 0 Å². The molecule has 0 unspecified atom stereocenters. The Bertz CT molecular complexity index is 1110. The molecule has 2 aliphatic carbocycles. The van der Waals surface area contributed by atoms with Gasteiger partial charge in [-0.05, 0) is 76.0 Å². The van der Waals surface area contributed by atoms with Crippen LogP contribution in [0.1, 0.15) is 33.7 Å². The molecule has 0 atom stereocenters. The minimum atomic E-state index is -0.517. The number of nitrogens with one attached hydrogen (secondary N) is 2. The maximum atomic E-state index is 12.7. The number of rotatable bonds is 7. The number of hydrogen-bond acceptors (Lipinski definition) is 6. The predicted molar refractivity (Wildman–Crippen MR) is 117 cm³/mol. The number of fused-ring (bicyclic) bond motifs is 2. The first-order valence-corrected chi connectivity index (χ1v) is 9.98. The molecule has 30 heavy (non-hydrogen) atoms. The molecule has 154 valence electrons. The minimum Gasteiger partial charge on any atom is -0.354 e. The molecule has 7 nitrogen and oxygen atoms in total. The average Bonchev–Trinajstić information content (AvgIpc) is 3.30. The van der Waals surface area contributed by atoms with Crippen LogP contribution in [0.3, 0.4) is 0 Å². The van der Waals surface area contributed by atoms with Gasteiger partial charge in [0.05, 0.1) is 28.2 Å². The Balaban J connectivity index is 1.86. The molecule has 0 bridgehead atoms. The van der Waals surface area contributed by atoms with Gasteiger partial charge in [0.2, 0.25) is 11.6 Å². The fourth-order valence-electron chi connectivity index (χ4n) is 3.99. The number of aliphatic imine (C=N–C) groups is 1. The monoisotopic (exact) mass is 404 g/mol. The van der Waals surface area contributed by atoms with E-state index in [1.54, 1.807) is 24.4 Å². The lowest BCUT2D eigenvalue weighted by molar-refractivity contribution is -0.111. The van der Waals surface area contributed by atoms with Crippen LogP contribution in [-0.4, -0.2) is 67.7 Å². The zero-order chi connectivity index (χ0) is 21.4. The maximum Gasteiger partial charge on any atom is 0.235 e. The van der Waals surface area contributed by atoms with Crippen LogP contribution < -0.4 is 5.32 Å². The molecular weight excluding hydrogens is 380 g/mol. The summed E-state index contributed by atoms with van der Waals surface area (Å²) in [7, 11) is 5.82. The molecule has 4 rings (SSSR count). The fourth-order valence-corrected chi connectivity index (χ4v) is 3.99. The summed E-state index contributed by atoms with van der Waals surface area (Å²) in [4.78, 5) is 47.2. The second-order valence-corrected chi connectivity index (χ2v) is 7.82. The van der Waals surface area contributed by atoms with Crippen molar-refractivity contribution in [2.24, 2.45) is 4.99 Å². The number of Topliss-reactive ketones (excluding diaryl/α,β-unsaturated/α-hetero) is 1. The van der Waals surface area contributed by atoms with Crippen LogP contribution in [0.5, 0.6) is 0 Å². The summed E-state index contributed by atoms with van der Waals surface area (Å²) in [5.74, 6) is -1.07. The first-order valence-electron chi connectivity index (χ1n) is 9.98. The van der Waals surface area contributed by atoms with Crippen molar-refractivity contribution < 1.29 is 14.4 Å². The standard InChI is InChI=1S/C23H24N4O3/c1-24-10-8-14-20-16(5-7-18(29)23(20)30)26-21(14)15-4-6-17(28)19-13(9-11-27(2)3)12-25-22(15)19/h4-7,12,24,26H,8-11H2,1-3H3. The summed E-state index contributed by atoms with van der Waals surface area (Å²) in [6.45, 7) is 1.46. The van der Waals surface area contributed by atoms with Crippen LogP contribution in [-0.2, 0) is 16.0 Å². The lowest BCUT2D eigenvalue weighted by Gasteiger charge is -2.15. The zero-order valence-corrected chi connectivity index (χ0v) is 17.3. The summed E-state index contributed by atoms with van der Waals surface area (Å²) < 4.78 is 0. The zero-order valence-electron chi connectivity index (χ0n) is 17.3. The second kappa shape index (κ2) is 7.93. The van der Waals surface area contributed by atoms with Crippen LogP contribution >= 0.6 is 0 Å². The molecule has 1 aromatic rings. The van der Waals surface area contributed by atoms with E-state index in [4.69, 9.17) is 0 Å². The highest BCUT2D eigenvalue weighted by molar-refractivity contribution is 6.50. The van der Waals surface area contributed by atoms with Crippen molar-refractivity contribution >= 4 is 35.2 Å². The molecule has 3 aliphatic rings. The molecule has 0 aromatic carbocycles. The Labute approximate surface area is 174 Å². The number of nitrogens with zero attached hydrogens (tertiary/aromatic N) is 2. The molecule has 2 N–H and O–H groups in total. The predicted octanol–water partition coefficient (Wildman–Crippen LogP) is 1.74. The number of allylic oxidation sites excluding steroid dienone is 5. The average molecular weight is 404 g/mol. The van der Waals surface area contributed by atoms with E-state index < -0.39 is 11.6 Å². The Morgan fingerprint density at radius 3 is 2.53 bits per heavy atom. The SMILES string of the molecule is CNCCc1c(C2=C3N=CC(CCN(C)C)=C3C(=O)C=C2)[nH]c2c1C(=O)C(=O)C=C2. The van der Waals surface area contributed by atoms with Gasteiger partial charge in [-0.1, -0.05) is 0 Å². The van der Waals surface area contributed by atoms with E-state index in [9.17, 15) is 14.4 Å². The van der Waals surface area contributed by atoms with Gasteiger partial charge in [-0.15, -0.1) is 0 Å². The number of hydrogen-bond donors (Lipinski definition) is 2. The van der Waals surface area contributed by atoms with Gasteiger partial charge in [0.15, 0.2) is 5.78 Å². The van der Waals surface area contributed by atoms with Gasteiger partial charge < -0.3 is 15.2 Å². The third-order valence-corrected chi connectivity index (χ3v) is 5.52. The fraction of sp³-hybridized carbons (Fsp3) is 0.304. The van der Waals surface area contributed by atoms with E-state index in [0.717, 1.165) is 35.4 Å². The molecule has 0 fully saturated rings. The van der Waals surface area contributed by atoms with Crippen molar-refractivity contribution in [2.75, 3.05) is 34.2 Å². The number of ketones is 3. The number of H-pyrrole nitrogens is 1. The topological polar surface area (TPSA) is 94.6 Å². The summed E-state index contributed by atoms with van der Waals surface area (Å²) in [5, 5.41) is 3.10. The quantitative estimate of drug-likeness (QED) is 0.675. The Morgan fingerprint density at radius 2 is 1.80 bits per heavy atom. The normalized spacial score (nSPS) is 17.7. The van der Waals surface area contributed by atoms with Gasteiger partial charge in [-0.25, -0.2) is 0 Å². The van der Waals surface area contributed by atoms with Gasteiger partial charge in [0, 0.05) is 18.3 Å². The number of carbonyl (C=O) groups excluding carboxylic acids is 3. The maximum absolute atomic E-state index is 12.7. The number of aromatic amines is 1. The summed E-state index contributed by atoms with van der Waals surface area (Å²) in [5.41, 5.74) is 5.51. The van der Waals surface area contributed by atoms with Crippen molar-refractivity contribution in [3.63, 3.8) is 0 Å². The molecule has 1 aliphatic heterocycles. The summed E-state index contributed by atoms with van der Waals surface area (Å²) in [6, 6.07) is 0. The van der Waals surface area contributed by atoms with Gasteiger partial charge in [-0.2, -0.15) is 0 Å². The highest BCUT2D eigenvalue weighted by Crippen LogP contribution is 2.39. The number of aromatic nitrogens is 1. The van der Waals surface area contributed by atoms with Gasteiger partial charge in [0.25, 0.3) is 0 Å². The molecule has 7 heteroatoms. The van der Waals surface area contributed by atoms with E-state index in [2.05, 4.69) is 20.2 Å². The number of likely N-dealkylation sites (N-methyl/N-ethyl adjacent to an activating group) is 1. The van der Waals surface area contributed by atoms with E-state index in [0.29, 0.717) is 35.5 Å². The van der Waals surface area contributed by atoms with E-state index in [1.807, 2.05) is 21.1 Å². The van der Waals surface area contributed by atoms with Crippen LogP contribution in [0.4, 0.5) is 0 Å². The van der Waals surface area contributed by atoms with Crippen LogP contribution in [0.2, 0.25) is 0 Å². The molecule has 0 spiro atoms. The van der Waals surface area contributed by atoms with E-state index in [-0.39, 0.29) is 5.78 Å². The summed E-state index contributed by atoms with van der Waals surface area (Å²) >= 11 is 0. The smallest absolute Gasteiger partial charge is 0.235 e. The Morgan fingerprint density at radius 1 is 1.03 bits per heavy atom. The Kier molecular flexibility index (Phi) is 5.32. The lowest BCUT2D eigenvalue weighted by Crippen LogP contribution is -2.19. The third kappa shape index (κ3) is 3.36. The first kappa shape index (κ1) is 20.1. The molecular formula is C23H24N4O3. The van der Waals surface area contributed by atoms with E-state index >= 15 is 0 Å². The highest BCUT2D eigenvalue weighted by atomic mass is 16.2. The van der Waals surface area contributed by atoms with Crippen molar-refractivity contribution in [3.8, 4) is 0 Å². The van der Waals surface area contributed by atoms with Crippen LogP contribution in [0.15, 0.2) is 40.1 Å².